The lowest BCUT2D eigenvalue weighted by atomic mass is 10.5. The van der Waals surface area contributed by atoms with Crippen LogP contribution in [0.3, 0.4) is 0 Å². The highest BCUT2D eigenvalue weighted by Gasteiger charge is 2.11. The smallest absolute Gasteiger partial charge is 0.334 e. The SMILES string of the molecule is Cn1c(=O)n(CO)c(=O)c2[nH]cnc21. The van der Waals surface area contributed by atoms with Crippen LogP contribution in [0.25, 0.3) is 11.2 Å². The Hall–Kier alpha value is -1.89. The highest BCUT2D eigenvalue weighted by Crippen LogP contribution is 1.97. The second kappa shape index (κ2) is 2.81. The molecule has 0 fully saturated rings. The molecule has 0 saturated carbocycles. The number of aliphatic hydroxyl groups is 1. The Labute approximate surface area is 77.2 Å². The van der Waals surface area contributed by atoms with Gasteiger partial charge in [0.2, 0.25) is 0 Å². The van der Waals surface area contributed by atoms with Gasteiger partial charge in [0.25, 0.3) is 5.56 Å². The minimum atomic E-state index is -0.638. The number of nitrogens with zero attached hydrogens (tertiary/aromatic N) is 3. The molecule has 0 bridgehead atoms. The molecule has 0 aliphatic carbocycles. The molecule has 0 unspecified atom stereocenters. The molecule has 2 aromatic heterocycles. The second-order valence-electron chi connectivity index (χ2n) is 2.82. The van der Waals surface area contributed by atoms with E-state index < -0.39 is 18.0 Å². The summed E-state index contributed by atoms with van der Waals surface area (Å²) in [5, 5.41) is 8.84. The molecule has 2 N–H and O–H groups in total. The maximum atomic E-state index is 11.5. The molecule has 0 spiro atoms. The van der Waals surface area contributed by atoms with E-state index in [2.05, 4.69) is 9.97 Å². The summed E-state index contributed by atoms with van der Waals surface area (Å²) in [6.07, 6.45) is 1.33. The van der Waals surface area contributed by atoms with Gasteiger partial charge in [0.05, 0.1) is 6.33 Å². The molecule has 14 heavy (non-hydrogen) atoms. The van der Waals surface area contributed by atoms with E-state index in [-0.39, 0.29) is 11.2 Å². The predicted octanol–water partition coefficient (Wildman–Crippen LogP) is -1.63. The summed E-state index contributed by atoms with van der Waals surface area (Å²) in [5.41, 5.74) is -0.661. The molecular weight excluding hydrogens is 188 g/mol. The second-order valence-corrected chi connectivity index (χ2v) is 2.82. The fraction of sp³-hybridized carbons (Fsp3) is 0.286. The molecule has 74 valence electrons. The molecule has 0 aromatic carbocycles. The summed E-state index contributed by atoms with van der Waals surface area (Å²) in [6, 6.07) is 0. The highest BCUT2D eigenvalue weighted by atomic mass is 16.3. The Morgan fingerprint density at radius 2 is 2.29 bits per heavy atom. The van der Waals surface area contributed by atoms with E-state index in [9.17, 15) is 9.59 Å². The summed E-state index contributed by atoms with van der Waals surface area (Å²) in [7, 11) is 1.48. The summed E-state index contributed by atoms with van der Waals surface area (Å²) in [6.45, 7) is -0.638. The molecule has 0 amide bonds. The van der Waals surface area contributed by atoms with Crippen LogP contribution in [0, 0.1) is 0 Å². The Kier molecular flexibility index (Phi) is 1.74. The fourth-order valence-corrected chi connectivity index (χ4v) is 1.32. The highest BCUT2D eigenvalue weighted by molar-refractivity contribution is 5.68. The van der Waals surface area contributed by atoms with E-state index in [1.165, 1.54) is 17.9 Å². The van der Waals surface area contributed by atoms with Gasteiger partial charge >= 0.3 is 5.69 Å². The van der Waals surface area contributed by atoms with Crippen LogP contribution in [0.5, 0.6) is 0 Å². The number of aromatic amines is 1. The van der Waals surface area contributed by atoms with Gasteiger partial charge in [0.15, 0.2) is 5.65 Å². The van der Waals surface area contributed by atoms with Gasteiger partial charge in [-0.05, 0) is 0 Å². The quantitative estimate of drug-likeness (QED) is 0.572. The number of hydrogen-bond acceptors (Lipinski definition) is 4. The number of aliphatic hydroxyl groups excluding tert-OH is 1. The lowest BCUT2D eigenvalue weighted by Crippen LogP contribution is -2.39. The zero-order valence-corrected chi connectivity index (χ0v) is 7.39. The maximum Gasteiger partial charge on any atom is 0.334 e. The largest absolute Gasteiger partial charge is 0.376 e. The average molecular weight is 196 g/mol. The molecule has 0 aliphatic rings. The van der Waals surface area contributed by atoms with Gasteiger partial charge < -0.3 is 10.1 Å². The molecule has 0 radical (unpaired) electrons. The molecule has 7 heteroatoms. The fourth-order valence-electron chi connectivity index (χ4n) is 1.32. The van der Waals surface area contributed by atoms with E-state index >= 15 is 0 Å². The van der Waals surface area contributed by atoms with Crippen molar-refractivity contribution in [2.75, 3.05) is 0 Å². The molecule has 0 atom stereocenters. The van der Waals surface area contributed by atoms with Crippen LogP contribution in [0.15, 0.2) is 15.9 Å². The Morgan fingerprint density at radius 3 is 2.93 bits per heavy atom. The Morgan fingerprint density at radius 1 is 1.57 bits per heavy atom. The van der Waals surface area contributed by atoms with Crippen molar-refractivity contribution in [3.8, 4) is 0 Å². The minimum absolute atomic E-state index is 0.209. The van der Waals surface area contributed by atoms with Gasteiger partial charge in [-0.25, -0.2) is 14.3 Å². The first-order chi connectivity index (χ1) is 6.66. The van der Waals surface area contributed by atoms with E-state index in [1.807, 2.05) is 0 Å². The zero-order valence-electron chi connectivity index (χ0n) is 7.39. The standard InChI is InChI=1S/C7H8N4O3/c1-10-5-4(8-2-9-5)6(13)11(3-12)7(10)14/h2,12H,3H2,1H3,(H,8,9). The monoisotopic (exact) mass is 196 g/mol. The average Bonchev–Trinajstić information content (AvgIpc) is 2.64. The lowest BCUT2D eigenvalue weighted by molar-refractivity contribution is 0.199. The Balaban J connectivity index is 3.10. The van der Waals surface area contributed by atoms with Crippen molar-refractivity contribution in [1.82, 2.24) is 19.1 Å². The zero-order chi connectivity index (χ0) is 10.3. The Bertz CT molecular complexity index is 591. The number of imidazole rings is 1. The maximum absolute atomic E-state index is 11.5. The van der Waals surface area contributed by atoms with Crippen molar-refractivity contribution < 1.29 is 5.11 Å². The van der Waals surface area contributed by atoms with E-state index in [0.717, 1.165) is 4.57 Å². The third-order valence-corrected chi connectivity index (χ3v) is 2.06. The predicted molar refractivity (Wildman–Crippen MR) is 47.8 cm³/mol. The van der Waals surface area contributed by atoms with E-state index in [1.54, 1.807) is 0 Å². The van der Waals surface area contributed by atoms with Crippen LogP contribution in [-0.4, -0.2) is 24.2 Å². The number of rotatable bonds is 1. The van der Waals surface area contributed by atoms with Crippen LogP contribution in [0.1, 0.15) is 0 Å². The number of aromatic nitrogens is 4. The van der Waals surface area contributed by atoms with Gasteiger partial charge in [0, 0.05) is 7.05 Å². The van der Waals surface area contributed by atoms with E-state index in [0.29, 0.717) is 0 Å². The summed E-state index contributed by atoms with van der Waals surface area (Å²) >= 11 is 0. The third kappa shape index (κ3) is 0.925. The van der Waals surface area contributed by atoms with E-state index in [4.69, 9.17) is 5.11 Å². The molecule has 2 aromatic rings. The van der Waals surface area contributed by atoms with Crippen LogP contribution in [0.4, 0.5) is 0 Å². The lowest BCUT2D eigenvalue weighted by Gasteiger charge is -2.03. The first-order valence-corrected chi connectivity index (χ1v) is 3.90. The summed E-state index contributed by atoms with van der Waals surface area (Å²) < 4.78 is 1.92. The number of fused-ring (bicyclic) bond motifs is 1. The molecule has 7 nitrogen and oxygen atoms in total. The summed E-state index contributed by atoms with van der Waals surface area (Å²) in [4.78, 5) is 29.4. The van der Waals surface area contributed by atoms with Gasteiger partial charge in [-0.2, -0.15) is 0 Å². The van der Waals surface area contributed by atoms with Crippen LogP contribution < -0.4 is 11.2 Å². The third-order valence-electron chi connectivity index (χ3n) is 2.06. The molecular formula is C7H8N4O3. The van der Waals surface area contributed by atoms with Crippen molar-refractivity contribution in [1.29, 1.82) is 0 Å². The van der Waals surface area contributed by atoms with Crippen LogP contribution >= 0.6 is 0 Å². The van der Waals surface area contributed by atoms with Crippen molar-refractivity contribution >= 4 is 11.2 Å². The van der Waals surface area contributed by atoms with Crippen LogP contribution in [-0.2, 0) is 13.8 Å². The number of aryl methyl sites for hydroxylation is 1. The van der Waals surface area contributed by atoms with Gasteiger partial charge in [-0.15, -0.1) is 0 Å². The van der Waals surface area contributed by atoms with Crippen molar-refractivity contribution in [2.45, 2.75) is 6.73 Å². The molecule has 0 aliphatic heterocycles. The summed E-state index contributed by atoms with van der Waals surface area (Å²) in [5.74, 6) is 0. The number of hydrogen-bond donors (Lipinski definition) is 2. The van der Waals surface area contributed by atoms with Gasteiger partial charge in [-0.1, -0.05) is 0 Å². The van der Waals surface area contributed by atoms with Gasteiger partial charge in [0.1, 0.15) is 12.2 Å². The molecule has 0 saturated heterocycles. The minimum Gasteiger partial charge on any atom is -0.376 e. The first kappa shape index (κ1) is 8.70. The first-order valence-electron chi connectivity index (χ1n) is 3.90. The van der Waals surface area contributed by atoms with Crippen LogP contribution in [0.2, 0.25) is 0 Å². The normalized spacial score (nSPS) is 11.0. The topological polar surface area (TPSA) is 92.9 Å². The number of nitrogens with one attached hydrogen (secondary N) is 1. The van der Waals surface area contributed by atoms with Gasteiger partial charge in [-0.3, -0.25) is 9.36 Å². The molecule has 2 rings (SSSR count). The van der Waals surface area contributed by atoms with Crippen molar-refractivity contribution in [3.63, 3.8) is 0 Å². The number of H-pyrrole nitrogens is 1. The van der Waals surface area contributed by atoms with Crippen molar-refractivity contribution in [2.24, 2.45) is 7.05 Å². The van der Waals surface area contributed by atoms with Crippen molar-refractivity contribution in [3.05, 3.63) is 27.2 Å². The molecule has 2 heterocycles.